The van der Waals surface area contributed by atoms with Gasteiger partial charge in [0.2, 0.25) is 5.91 Å². The second-order valence-corrected chi connectivity index (χ2v) is 22.1. The predicted molar refractivity (Wildman–Crippen MR) is 315 cm³/mol. The number of hydrogen-bond donors (Lipinski definition) is 3. The standard InChI is InChI=1S/C66H125NO5/c1-3-5-7-9-11-13-14-15-16-30-34-37-40-44-48-52-56-60-66(71)72-61-57-53-49-45-41-38-35-32-29-27-25-23-21-19-17-18-20-22-24-26-28-31-33-36-39-43-47-51-55-59-65(70)67-63(62-68)64(69)58-54-50-46-42-12-10-8-6-4-2/h15-17,19,54,58,63-64,68-69H,3-14,18,20-53,55-57,59-62H2,1-2H3,(H,67,70)/b16-15-,19-17-,58-54+. The number of unbranched alkanes of at least 4 members (excludes halogenated alkanes) is 45. The van der Waals surface area contributed by atoms with E-state index in [0.717, 1.165) is 44.9 Å². The highest BCUT2D eigenvalue weighted by Crippen LogP contribution is 2.17. The van der Waals surface area contributed by atoms with Crippen molar-refractivity contribution in [1.82, 2.24) is 5.32 Å². The molecule has 0 saturated carbocycles. The number of carbonyl (C=O) groups excluding carboxylic acids is 2. The van der Waals surface area contributed by atoms with Crippen LogP contribution in [-0.2, 0) is 14.3 Å². The molecule has 424 valence electrons. The number of aliphatic hydroxyl groups excluding tert-OH is 2. The molecule has 0 bridgehead atoms. The first-order valence-corrected chi connectivity index (χ1v) is 32.3. The molecule has 0 heterocycles. The normalized spacial score (nSPS) is 12.8. The molecular formula is C66H125NO5. The van der Waals surface area contributed by atoms with Crippen LogP contribution in [0.25, 0.3) is 0 Å². The monoisotopic (exact) mass is 1010 g/mol. The predicted octanol–water partition coefficient (Wildman–Crippen LogP) is 20.4. The van der Waals surface area contributed by atoms with E-state index in [1.54, 1.807) is 6.08 Å². The zero-order chi connectivity index (χ0) is 52.2. The Morgan fingerprint density at radius 2 is 0.653 bits per heavy atom. The van der Waals surface area contributed by atoms with Crippen molar-refractivity contribution in [2.75, 3.05) is 13.2 Å². The summed E-state index contributed by atoms with van der Waals surface area (Å²) in [6.07, 6.45) is 77.9. The van der Waals surface area contributed by atoms with E-state index in [2.05, 4.69) is 43.5 Å². The number of allylic oxidation sites excluding steroid dienone is 5. The summed E-state index contributed by atoms with van der Waals surface area (Å²) >= 11 is 0. The Morgan fingerprint density at radius 3 is 0.986 bits per heavy atom. The van der Waals surface area contributed by atoms with Crippen molar-refractivity contribution < 1.29 is 24.5 Å². The lowest BCUT2D eigenvalue weighted by Gasteiger charge is -2.20. The Hall–Kier alpha value is -1.92. The van der Waals surface area contributed by atoms with Crippen molar-refractivity contribution >= 4 is 11.9 Å². The Bertz CT molecular complexity index is 1170. The summed E-state index contributed by atoms with van der Waals surface area (Å²) in [6.45, 7) is 4.88. The van der Waals surface area contributed by atoms with Crippen LogP contribution in [0.5, 0.6) is 0 Å². The van der Waals surface area contributed by atoms with Gasteiger partial charge in [0.15, 0.2) is 0 Å². The van der Waals surface area contributed by atoms with Crippen LogP contribution < -0.4 is 5.32 Å². The fraction of sp³-hybridized carbons (Fsp3) is 0.879. The quantitative estimate of drug-likeness (QED) is 0.0320. The van der Waals surface area contributed by atoms with Gasteiger partial charge >= 0.3 is 5.97 Å². The number of ether oxygens (including phenoxy) is 1. The fourth-order valence-corrected chi connectivity index (χ4v) is 9.92. The van der Waals surface area contributed by atoms with Gasteiger partial charge in [-0.1, -0.05) is 288 Å². The summed E-state index contributed by atoms with van der Waals surface area (Å²) < 4.78 is 5.50. The maximum atomic E-state index is 12.4. The smallest absolute Gasteiger partial charge is 0.305 e. The minimum absolute atomic E-state index is 0.0128. The maximum absolute atomic E-state index is 12.4. The first-order valence-electron chi connectivity index (χ1n) is 32.3. The SMILES string of the molecule is CCCCCCCC/C=C\CCCCCCCCCC(=O)OCCCCCCCCCCCCCC/C=C\CCCCCCCCCCCCCCCC(=O)NC(CO)C(O)/C=C/CCCCCCCCC. The summed E-state index contributed by atoms with van der Waals surface area (Å²) in [5.41, 5.74) is 0. The Morgan fingerprint density at radius 1 is 0.375 bits per heavy atom. The van der Waals surface area contributed by atoms with Crippen molar-refractivity contribution in [3.8, 4) is 0 Å². The van der Waals surface area contributed by atoms with Gasteiger partial charge in [-0.2, -0.15) is 0 Å². The molecule has 0 aliphatic rings. The molecule has 0 saturated heterocycles. The molecule has 72 heavy (non-hydrogen) atoms. The van der Waals surface area contributed by atoms with Gasteiger partial charge in [0.1, 0.15) is 0 Å². The molecule has 0 aromatic carbocycles. The first kappa shape index (κ1) is 70.1. The lowest BCUT2D eigenvalue weighted by Crippen LogP contribution is -2.45. The third kappa shape index (κ3) is 57.4. The van der Waals surface area contributed by atoms with Gasteiger partial charge in [-0.05, 0) is 83.5 Å². The van der Waals surface area contributed by atoms with Crippen molar-refractivity contribution in [3.63, 3.8) is 0 Å². The zero-order valence-electron chi connectivity index (χ0n) is 48.4. The third-order valence-corrected chi connectivity index (χ3v) is 14.9. The van der Waals surface area contributed by atoms with Crippen LogP contribution >= 0.6 is 0 Å². The molecule has 0 aromatic rings. The van der Waals surface area contributed by atoms with Crippen molar-refractivity contribution in [1.29, 1.82) is 0 Å². The Labute approximate surface area is 449 Å². The number of esters is 1. The van der Waals surface area contributed by atoms with Crippen LogP contribution in [-0.4, -0.2) is 47.4 Å². The lowest BCUT2D eigenvalue weighted by atomic mass is 10.0. The average molecular weight is 1010 g/mol. The summed E-state index contributed by atoms with van der Waals surface area (Å²) in [4.78, 5) is 24.5. The molecule has 0 spiro atoms. The van der Waals surface area contributed by atoms with Crippen LogP contribution in [0, 0.1) is 0 Å². The molecular weight excluding hydrogens is 887 g/mol. The maximum Gasteiger partial charge on any atom is 0.305 e. The number of rotatable bonds is 60. The molecule has 0 fully saturated rings. The molecule has 2 atom stereocenters. The van der Waals surface area contributed by atoms with E-state index < -0.39 is 12.1 Å². The molecule has 6 nitrogen and oxygen atoms in total. The first-order chi connectivity index (χ1) is 35.5. The van der Waals surface area contributed by atoms with Gasteiger partial charge in [-0.25, -0.2) is 0 Å². The molecule has 0 aliphatic carbocycles. The van der Waals surface area contributed by atoms with E-state index in [1.807, 2.05) is 6.08 Å². The second kappa shape index (κ2) is 61.6. The van der Waals surface area contributed by atoms with E-state index >= 15 is 0 Å². The third-order valence-electron chi connectivity index (χ3n) is 14.9. The van der Waals surface area contributed by atoms with Crippen molar-refractivity contribution in [2.24, 2.45) is 0 Å². The Balaban J connectivity index is 3.35. The van der Waals surface area contributed by atoms with Gasteiger partial charge in [-0.15, -0.1) is 0 Å². The summed E-state index contributed by atoms with van der Waals surface area (Å²) in [5.74, 6) is -0.0565. The van der Waals surface area contributed by atoms with E-state index in [4.69, 9.17) is 4.74 Å². The van der Waals surface area contributed by atoms with Gasteiger partial charge < -0.3 is 20.3 Å². The van der Waals surface area contributed by atoms with Gasteiger partial charge in [-0.3, -0.25) is 9.59 Å². The number of carbonyl (C=O) groups is 2. The Kier molecular flexibility index (Phi) is 60.0. The van der Waals surface area contributed by atoms with Gasteiger partial charge in [0.25, 0.3) is 0 Å². The molecule has 0 radical (unpaired) electrons. The van der Waals surface area contributed by atoms with Crippen molar-refractivity contribution in [3.05, 3.63) is 36.5 Å². The largest absolute Gasteiger partial charge is 0.466 e. The summed E-state index contributed by atoms with van der Waals surface area (Å²) in [5, 5.41) is 23.0. The highest BCUT2D eigenvalue weighted by atomic mass is 16.5. The molecule has 0 aliphatic heterocycles. The van der Waals surface area contributed by atoms with E-state index in [1.165, 1.54) is 276 Å². The second-order valence-electron chi connectivity index (χ2n) is 22.1. The number of hydrogen-bond acceptors (Lipinski definition) is 5. The van der Waals surface area contributed by atoms with Crippen LogP contribution in [0.2, 0.25) is 0 Å². The summed E-state index contributed by atoms with van der Waals surface area (Å²) in [7, 11) is 0. The molecule has 3 N–H and O–H groups in total. The molecule has 0 aromatic heterocycles. The minimum Gasteiger partial charge on any atom is -0.466 e. The molecule has 6 heteroatoms. The van der Waals surface area contributed by atoms with Gasteiger partial charge in [0, 0.05) is 12.8 Å². The average Bonchev–Trinajstić information content (AvgIpc) is 3.38. The fourth-order valence-electron chi connectivity index (χ4n) is 9.92. The highest BCUT2D eigenvalue weighted by Gasteiger charge is 2.18. The molecule has 1 amide bonds. The van der Waals surface area contributed by atoms with Crippen LogP contribution in [0.15, 0.2) is 36.5 Å². The van der Waals surface area contributed by atoms with Crippen LogP contribution in [0.4, 0.5) is 0 Å². The topological polar surface area (TPSA) is 95.9 Å². The van der Waals surface area contributed by atoms with Crippen LogP contribution in [0.1, 0.15) is 348 Å². The molecule has 2 unspecified atom stereocenters. The van der Waals surface area contributed by atoms with Crippen LogP contribution in [0.3, 0.4) is 0 Å². The number of amides is 1. The lowest BCUT2D eigenvalue weighted by molar-refractivity contribution is -0.143. The van der Waals surface area contributed by atoms with E-state index in [-0.39, 0.29) is 18.5 Å². The number of aliphatic hydroxyl groups is 2. The minimum atomic E-state index is -0.841. The molecule has 0 rings (SSSR count). The van der Waals surface area contributed by atoms with E-state index in [0.29, 0.717) is 19.4 Å². The van der Waals surface area contributed by atoms with Gasteiger partial charge in [0.05, 0.1) is 25.4 Å². The van der Waals surface area contributed by atoms with E-state index in [9.17, 15) is 19.8 Å². The highest BCUT2D eigenvalue weighted by molar-refractivity contribution is 5.76. The summed E-state index contributed by atoms with van der Waals surface area (Å²) in [6, 6.07) is -0.625. The number of nitrogens with one attached hydrogen (secondary N) is 1. The van der Waals surface area contributed by atoms with Crippen molar-refractivity contribution in [2.45, 2.75) is 360 Å². The zero-order valence-corrected chi connectivity index (χ0v) is 48.4.